The fourth-order valence-electron chi connectivity index (χ4n) is 1.94. The van der Waals surface area contributed by atoms with Crippen LogP contribution in [0, 0.1) is 18.3 Å². The Bertz CT molecular complexity index is 782. The van der Waals surface area contributed by atoms with Gasteiger partial charge in [0.05, 0.1) is 18.2 Å². The molecule has 0 unspecified atom stereocenters. The van der Waals surface area contributed by atoms with E-state index < -0.39 is 18.5 Å². The van der Waals surface area contributed by atoms with E-state index in [1.807, 2.05) is 6.07 Å². The molecule has 7 nitrogen and oxygen atoms in total. The van der Waals surface area contributed by atoms with Crippen LogP contribution in [0.4, 0.5) is 5.69 Å². The molecule has 0 atom stereocenters. The van der Waals surface area contributed by atoms with E-state index in [0.717, 1.165) is 0 Å². The summed E-state index contributed by atoms with van der Waals surface area (Å²) in [6.45, 7) is 1.33. The Morgan fingerprint density at radius 2 is 2.21 bits per heavy atom. The predicted octanol–water partition coefficient (Wildman–Crippen LogP) is 2.74. The molecule has 0 aliphatic heterocycles. The third kappa shape index (κ3) is 4.57. The minimum absolute atomic E-state index is 0.0772. The molecular formula is C16H14ClN3O4. The number of aryl methyl sites for hydroxylation is 1. The van der Waals surface area contributed by atoms with Gasteiger partial charge in [-0.25, -0.2) is 4.79 Å². The molecule has 0 fully saturated rings. The SMILES string of the molecule is Cc1cc(C(=O)OCC(=O)N(CCC#N)c2cccc(Cl)c2)on1. The molecule has 124 valence electrons. The smallest absolute Gasteiger partial charge is 0.377 e. The molecule has 2 aromatic rings. The van der Waals surface area contributed by atoms with Crippen molar-refractivity contribution in [3.63, 3.8) is 0 Å². The summed E-state index contributed by atoms with van der Waals surface area (Å²) in [5.74, 6) is -1.33. The molecule has 0 aliphatic carbocycles. The summed E-state index contributed by atoms with van der Waals surface area (Å²) >= 11 is 5.93. The Hall–Kier alpha value is -2.85. The Labute approximate surface area is 143 Å². The van der Waals surface area contributed by atoms with Crippen LogP contribution in [-0.4, -0.2) is 30.2 Å². The summed E-state index contributed by atoms with van der Waals surface area (Å²) in [6.07, 6.45) is 0.132. The van der Waals surface area contributed by atoms with Crippen LogP contribution in [0.3, 0.4) is 0 Å². The van der Waals surface area contributed by atoms with Gasteiger partial charge in [0, 0.05) is 23.3 Å². The second-order valence-electron chi connectivity index (χ2n) is 4.84. The third-order valence-corrected chi connectivity index (χ3v) is 3.26. The van der Waals surface area contributed by atoms with Gasteiger partial charge in [-0.05, 0) is 25.1 Å². The maximum atomic E-state index is 12.4. The normalized spacial score (nSPS) is 10.0. The van der Waals surface area contributed by atoms with Crippen molar-refractivity contribution in [3.05, 3.63) is 46.8 Å². The average Bonchev–Trinajstić information content (AvgIpc) is 2.99. The molecule has 0 N–H and O–H groups in total. The fourth-order valence-corrected chi connectivity index (χ4v) is 2.12. The largest absolute Gasteiger partial charge is 0.450 e. The number of rotatable bonds is 6. The molecule has 0 aliphatic rings. The first-order valence-electron chi connectivity index (χ1n) is 7.04. The van der Waals surface area contributed by atoms with Crippen LogP contribution in [0.1, 0.15) is 22.7 Å². The molecule has 0 bridgehead atoms. The summed E-state index contributed by atoms with van der Waals surface area (Å²) in [5.41, 5.74) is 1.05. The van der Waals surface area contributed by atoms with Gasteiger partial charge in [0.2, 0.25) is 5.76 Å². The molecule has 0 saturated heterocycles. The number of hydrogen-bond acceptors (Lipinski definition) is 6. The van der Waals surface area contributed by atoms with Crippen molar-refractivity contribution >= 4 is 29.2 Å². The number of esters is 1. The maximum Gasteiger partial charge on any atom is 0.377 e. The summed E-state index contributed by atoms with van der Waals surface area (Å²) in [4.78, 5) is 25.5. The monoisotopic (exact) mass is 347 g/mol. The number of halogens is 1. The van der Waals surface area contributed by atoms with Gasteiger partial charge in [-0.1, -0.05) is 22.8 Å². The van der Waals surface area contributed by atoms with E-state index in [0.29, 0.717) is 16.4 Å². The number of ether oxygens (including phenoxy) is 1. The van der Waals surface area contributed by atoms with Crippen LogP contribution in [-0.2, 0) is 9.53 Å². The van der Waals surface area contributed by atoms with Gasteiger partial charge in [0.25, 0.3) is 5.91 Å². The number of carbonyl (C=O) groups excluding carboxylic acids is 2. The van der Waals surface area contributed by atoms with E-state index in [2.05, 4.69) is 5.16 Å². The summed E-state index contributed by atoms with van der Waals surface area (Å²) in [7, 11) is 0. The van der Waals surface area contributed by atoms with Crippen LogP contribution < -0.4 is 4.90 Å². The zero-order valence-electron chi connectivity index (χ0n) is 12.9. The van der Waals surface area contributed by atoms with Crippen molar-refractivity contribution in [1.82, 2.24) is 5.16 Å². The van der Waals surface area contributed by atoms with Gasteiger partial charge in [-0.3, -0.25) is 4.79 Å². The molecule has 1 heterocycles. The zero-order chi connectivity index (χ0) is 17.5. The lowest BCUT2D eigenvalue weighted by molar-refractivity contribution is -0.121. The second-order valence-corrected chi connectivity index (χ2v) is 5.28. The number of carbonyl (C=O) groups is 2. The van der Waals surface area contributed by atoms with Gasteiger partial charge in [0.15, 0.2) is 6.61 Å². The van der Waals surface area contributed by atoms with Crippen molar-refractivity contribution in [1.29, 1.82) is 5.26 Å². The average molecular weight is 348 g/mol. The first kappa shape index (κ1) is 17.5. The van der Waals surface area contributed by atoms with Gasteiger partial charge >= 0.3 is 5.97 Å². The molecule has 1 aromatic carbocycles. The van der Waals surface area contributed by atoms with Crippen LogP contribution in [0.2, 0.25) is 5.02 Å². The highest BCUT2D eigenvalue weighted by Gasteiger charge is 2.20. The highest BCUT2D eigenvalue weighted by Crippen LogP contribution is 2.20. The van der Waals surface area contributed by atoms with E-state index in [1.165, 1.54) is 11.0 Å². The number of nitrogens with zero attached hydrogens (tertiary/aromatic N) is 3. The quantitative estimate of drug-likeness (QED) is 0.745. The second kappa shape index (κ2) is 8.13. The van der Waals surface area contributed by atoms with Crippen LogP contribution in [0.15, 0.2) is 34.9 Å². The number of benzene rings is 1. The van der Waals surface area contributed by atoms with E-state index in [-0.39, 0.29) is 18.7 Å². The lowest BCUT2D eigenvalue weighted by Crippen LogP contribution is -2.35. The summed E-state index contributed by atoms with van der Waals surface area (Å²) in [6, 6.07) is 10.0. The minimum atomic E-state index is -0.782. The highest BCUT2D eigenvalue weighted by atomic mass is 35.5. The Kier molecular flexibility index (Phi) is 5.93. The molecule has 0 saturated carbocycles. The van der Waals surface area contributed by atoms with E-state index in [9.17, 15) is 9.59 Å². The lowest BCUT2D eigenvalue weighted by atomic mass is 10.2. The predicted molar refractivity (Wildman–Crippen MR) is 85.6 cm³/mol. The van der Waals surface area contributed by atoms with Gasteiger partial charge in [-0.15, -0.1) is 0 Å². The molecule has 1 aromatic heterocycles. The first-order valence-corrected chi connectivity index (χ1v) is 7.42. The molecule has 2 rings (SSSR count). The fraction of sp³-hybridized carbons (Fsp3) is 0.250. The van der Waals surface area contributed by atoms with Crippen LogP contribution in [0.25, 0.3) is 0 Å². The summed E-state index contributed by atoms with van der Waals surface area (Å²) in [5, 5.41) is 12.8. The Morgan fingerprint density at radius 1 is 1.42 bits per heavy atom. The lowest BCUT2D eigenvalue weighted by Gasteiger charge is -2.21. The topological polar surface area (TPSA) is 96.4 Å². The Balaban J connectivity index is 2.05. The summed E-state index contributed by atoms with van der Waals surface area (Å²) < 4.78 is 9.71. The molecule has 0 spiro atoms. The molecular weight excluding hydrogens is 334 g/mol. The number of aromatic nitrogens is 1. The maximum absolute atomic E-state index is 12.4. The van der Waals surface area contributed by atoms with Gasteiger partial charge in [0.1, 0.15) is 0 Å². The van der Waals surface area contributed by atoms with Crippen LogP contribution in [0.5, 0.6) is 0 Å². The van der Waals surface area contributed by atoms with Gasteiger partial charge in [-0.2, -0.15) is 5.26 Å². The third-order valence-electron chi connectivity index (χ3n) is 3.02. The van der Waals surface area contributed by atoms with Crippen molar-refractivity contribution in [2.75, 3.05) is 18.1 Å². The van der Waals surface area contributed by atoms with Crippen molar-refractivity contribution < 1.29 is 18.8 Å². The first-order chi connectivity index (χ1) is 11.5. The van der Waals surface area contributed by atoms with E-state index in [4.69, 9.17) is 26.1 Å². The molecule has 1 amide bonds. The minimum Gasteiger partial charge on any atom is -0.450 e. The molecule has 24 heavy (non-hydrogen) atoms. The van der Waals surface area contributed by atoms with E-state index in [1.54, 1.807) is 31.2 Å². The number of amides is 1. The molecule has 0 radical (unpaired) electrons. The van der Waals surface area contributed by atoms with Crippen molar-refractivity contribution in [2.24, 2.45) is 0 Å². The van der Waals surface area contributed by atoms with Gasteiger partial charge < -0.3 is 14.2 Å². The number of hydrogen-bond donors (Lipinski definition) is 0. The Morgan fingerprint density at radius 3 is 2.83 bits per heavy atom. The van der Waals surface area contributed by atoms with Crippen molar-refractivity contribution in [3.8, 4) is 6.07 Å². The molecule has 8 heteroatoms. The highest BCUT2D eigenvalue weighted by molar-refractivity contribution is 6.30. The van der Waals surface area contributed by atoms with Crippen LogP contribution >= 0.6 is 11.6 Å². The number of anilines is 1. The standard InChI is InChI=1S/C16H14ClN3O4/c1-11-8-14(24-19-11)16(22)23-10-15(21)20(7-3-6-18)13-5-2-4-12(17)9-13/h2,4-5,8-9H,3,7,10H2,1H3. The van der Waals surface area contributed by atoms with Crippen molar-refractivity contribution in [2.45, 2.75) is 13.3 Å². The number of nitriles is 1. The van der Waals surface area contributed by atoms with E-state index >= 15 is 0 Å². The zero-order valence-corrected chi connectivity index (χ0v) is 13.6.